The van der Waals surface area contributed by atoms with E-state index in [2.05, 4.69) is 26.7 Å². The summed E-state index contributed by atoms with van der Waals surface area (Å²) in [6.07, 6.45) is 3.23. The molecule has 3 N–H and O–H groups in total. The largest absolute Gasteiger partial charge is 0.603 e. The van der Waals surface area contributed by atoms with Crippen molar-refractivity contribution < 1.29 is 5.17 Å². The van der Waals surface area contributed by atoms with Crippen LogP contribution in [0.25, 0.3) is 0 Å². The quantitative estimate of drug-likeness (QED) is 0.681. The van der Waals surface area contributed by atoms with Crippen molar-refractivity contribution in [1.82, 2.24) is 10.3 Å². The van der Waals surface area contributed by atoms with E-state index in [0.717, 1.165) is 37.2 Å². The fourth-order valence-corrected chi connectivity index (χ4v) is 2.80. The van der Waals surface area contributed by atoms with Crippen molar-refractivity contribution in [1.29, 1.82) is 0 Å². The van der Waals surface area contributed by atoms with Crippen LogP contribution < -0.4 is 15.9 Å². The van der Waals surface area contributed by atoms with Crippen molar-refractivity contribution >= 4 is 17.3 Å². The summed E-state index contributed by atoms with van der Waals surface area (Å²) in [6.45, 7) is 1.52. The van der Waals surface area contributed by atoms with Gasteiger partial charge >= 0.3 is 0 Å². The van der Waals surface area contributed by atoms with Crippen LogP contribution in [0, 0.1) is 5.21 Å². The van der Waals surface area contributed by atoms with Gasteiger partial charge in [-0.15, -0.1) is 0 Å². The molecule has 1 aromatic carbocycles. The molecule has 6 nitrogen and oxygen atoms in total. The molecule has 2 aliphatic rings. The number of aryl methyl sites for hydroxylation is 1. The van der Waals surface area contributed by atoms with Gasteiger partial charge in [0.2, 0.25) is 5.96 Å². The van der Waals surface area contributed by atoms with Crippen LogP contribution in [0.4, 0.5) is 11.4 Å². The van der Waals surface area contributed by atoms with E-state index in [0.29, 0.717) is 12.5 Å². The third-order valence-corrected chi connectivity index (χ3v) is 3.81. The Labute approximate surface area is 119 Å². The Morgan fingerprint density at radius 1 is 1.35 bits per heavy atom. The van der Waals surface area contributed by atoms with E-state index in [4.69, 9.17) is 0 Å². The van der Waals surface area contributed by atoms with Crippen LogP contribution >= 0.6 is 0 Å². The minimum absolute atomic E-state index is 0.0268. The predicted octanol–water partition coefficient (Wildman–Crippen LogP) is 0.0372. The average molecular weight is 275 g/mol. The molecule has 0 aromatic heterocycles. The van der Waals surface area contributed by atoms with Gasteiger partial charge in [-0.25, -0.2) is 10.2 Å². The number of likely N-dealkylation sites (N-methyl/N-ethyl adjacent to an activating group) is 1. The number of rotatable bonds is 3. The normalized spacial score (nSPS) is 22.4. The summed E-state index contributed by atoms with van der Waals surface area (Å²) in [6, 6.07) is 4.13. The third kappa shape index (κ3) is 2.49. The molecule has 1 aliphatic heterocycles. The van der Waals surface area contributed by atoms with E-state index >= 15 is 0 Å². The zero-order valence-corrected chi connectivity index (χ0v) is 12.0. The molecule has 1 heterocycles. The van der Waals surface area contributed by atoms with Crippen molar-refractivity contribution in [2.45, 2.75) is 19.3 Å². The maximum absolute atomic E-state index is 12.3. The maximum Gasteiger partial charge on any atom is 0.243 e. The second-order valence-corrected chi connectivity index (χ2v) is 5.59. The number of anilines is 1. The summed E-state index contributed by atoms with van der Waals surface area (Å²) in [5.74, 6) is 0.558. The number of benzene rings is 1. The Kier molecular flexibility index (Phi) is 3.60. The predicted molar refractivity (Wildman–Crippen MR) is 80.1 cm³/mol. The molecule has 1 aliphatic carbocycles. The SMILES string of the molecule is CN(C)CCN=C1Nc2ccc3c(c2[NH+]([O-])N1)CCC3. The number of hydrogen-bond acceptors (Lipinski definition) is 3. The van der Waals surface area contributed by atoms with Crippen molar-refractivity contribution in [2.24, 2.45) is 4.99 Å². The van der Waals surface area contributed by atoms with Crippen LogP contribution in [-0.4, -0.2) is 38.0 Å². The van der Waals surface area contributed by atoms with Gasteiger partial charge in [-0.2, -0.15) is 5.43 Å². The summed E-state index contributed by atoms with van der Waals surface area (Å²) in [7, 11) is 4.01. The minimum atomic E-state index is -0.0268. The van der Waals surface area contributed by atoms with E-state index < -0.39 is 0 Å². The molecule has 0 radical (unpaired) electrons. The topological polar surface area (TPSA) is 67.2 Å². The van der Waals surface area contributed by atoms with E-state index in [1.54, 1.807) is 0 Å². The van der Waals surface area contributed by atoms with Crippen LogP contribution in [-0.2, 0) is 12.8 Å². The van der Waals surface area contributed by atoms with Crippen LogP contribution in [0.3, 0.4) is 0 Å². The van der Waals surface area contributed by atoms with Gasteiger partial charge in [0.15, 0.2) is 5.69 Å². The van der Waals surface area contributed by atoms with Gasteiger partial charge in [0, 0.05) is 12.1 Å². The van der Waals surface area contributed by atoms with Gasteiger partial charge < -0.3 is 15.4 Å². The van der Waals surface area contributed by atoms with E-state index in [-0.39, 0.29) is 5.17 Å². The lowest BCUT2D eigenvalue weighted by atomic mass is 10.1. The monoisotopic (exact) mass is 275 g/mol. The molecule has 0 amide bonds. The highest BCUT2D eigenvalue weighted by atomic mass is 16.5. The highest BCUT2D eigenvalue weighted by Gasteiger charge is 2.27. The van der Waals surface area contributed by atoms with Crippen molar-refractivity contribution in [3.05, 3.63) is 28.5 Å². The molecular formula is C14H21N5O. The molecule has 6 heteroatoms. The molecule has 1 atom stereocenters. The fraction of sp³-hybridized carbons (Fsp3) is 0.500. The first kappa shape index (κ1) is 13.4. The number of quaternary nitrogens is 1. The van der Waals surface area contributed by atoms with Gasteiger partial charge in [-0.05, 0) is 45.0 Å². The molecule has 108 valence electrons. The van der Waals surface area contributed by atoms with Gasteiger partial charge in [0.05, 0.1) is 6.54 Å². The molecule has 0 saturated carbocycles. The Bertz CT molecular complexity index is 541. The van der Waals surface area contributed by atoms with Crippen molar-refractivity contribution in [3.63, 3.8) is 0 Å². The smallest absolute Gasteiger partial charge is 0.243 e. The minimum Gasteiger partial charge on any atom is -0.603 e. The molecule has 0 fully saturated rings. The van der Waals surface area contributed by atoms with E-state index in [9.17, 15) is 5.21 Å². The van der Waals surface area contributed by atoms with Crippen LogP contribution in [0.2, 0.25) is 0 Å². The van der Waals surface area contributed by atoms with Crippen molar-refractivity contribution in [3.8, 4) is 0 Å². The number of nitrogens with zero attached hydrogens (tertiary/aromatic N) is 2. The van der Waals surface area contributed by atoms with Crippen molar-refractivity contribution in [2.75, 3.05) is 32.5 Å². The van der Waals surface area contributed by atoms with E-state index in [1.807, 2.05) is 20.2 Å². The lowest BCUT2D eigenvalue weighted by Crippen LogP contribution is -3.12. The first-order chi connectivity index (χ1) is 9.65. The summed E-state index contributed by atoms with van der Waals surface area (Å²) in [5, 5.41) is 15.5. The summed E-state index contributed by atoms with van der Waals surface area (Å²) in [4.78, 5) is 6.46. The number of hydrogen-bond donors (Lipinski definition) is 3. The standard InChI is InChI=1S/C14H21N5O/c1-18(2)9-8-15-14-16-12-7-6-10-4-3-5-11(10)13(12)19(20)17-14/h6-7,19H,3-5,8-9H2,1-2H3,(H2,15,16,17). The summed E-state index contributed by atoms with van der Waals surface area (Å²) >= 11 is 0. The van der Waals surface area contributed by atoms with Crippen LogP contribution in [0.5, 0.6) is 0 Å². The Morgan fingerprint density at radius 3 is 3.00 bits per heavy atom. The lowest BCUT2D eigenvalue weighted by Gasteiger charge is -2.32. The maximum atomic E-state index is 12.3. The molecule has 0 saturated heterocycles. The number of nitrogens with one attached hydrogen (secondary N) is 3. The van der Waals surface area contributed by atoms with Gasteiger partial charge in [0.25, 0.3) is 0 Å². The Balaban J connectivity index is 1.82. The third-order valence-electron chi connectivity index (χ3n) is 3.81. The molecular weight excluding hydrogens is 254 g/mol. The molecule has 1 aromatic rings. The average Bonchev–Trinajstić information content (AvgIpc) is 2.86. The van der Waals surface area contributed by atoms with Crippen LogP contribution in [0.1, 0.15) is 17.5 Å². The fourth-order valence-electron chi connectivity index (χ4n) is 2.80. The highest BCUT2D eigenvalue weighted by molar-refractivity contribution is 5.97. The number of fused-ring (bicyclic) bond motifs is 3. The Hall–Kier alpha value is -1.63. The first-order valence-electron chi connectivity index (χ1n) is 7.07. The molecule has 0 spiro atoms. The second-order valence-electron chi connectivity index (χ2n) is 5.59. The number of guanidine groups is 1. The summed E-state index contributed by atoms with van der Waals surface area (Å²) < 4.78 is 0. The molecule has 0 bridgehead atoms. The number of aliphatic imine (C=N–C) groups is 1. The Morgan fingerprint density at radius 2 is 2.20 bits per heavy atom. The summed E-state index contributed by atoms with van der Waals surface area (Å²) in [5.41, 5.74) is 7.08. The second kappa shape index (κ2) is 5.40. The van der Waals surface area contributed by atoms with Crippen LogP contribution in [0.15, 0.2) is 17.1 Å². The highest BCUT2D eigenvalue weighted by Crippen LogP contribution is 2.33. The van der Waals surface area contributed by atoms with Gasteiger partial charge in [0.1, 0.15) is 5.69 Å². The molecule has 20 heavy (non-hydrogen) atoms. The first-order valence-corrected chi connectivity index (χ1v) is 7.07. The molecule has 1 unspecified atom stereocenters. The zero-order chi connectivity index (χ0) is 14.1. The molecule has 3 rings (SSSR count). The van der Waals surface area contributed by atoms with E-state index in [1.165, 1.54) is 11.1 Å². The van der Waals surface area contributed by atoms with Gasteiger partial charge in [-0.3, -0.25) is 0 Å². The zero-order valence-electron chi connectivity index (χ0n) is 12.0. The van der Waals surface area contributed by atoms with Gasteiger partial charge in [-0.1, -0.05) is 6.07 Å². The lowest BCUT2D eigenvalue weighted by molar-refractivity contribution is -0.816.